The summed E-state index contributed by atoms with van der Waals surface area (Å²) in [7, 11) is 3.79. The van der Waals surface area contributed by atoms with Crippen molar-refractivity contribution in [2.75, 3.05) is 26.0 Å². The van der Waals surface area contributed by atoms with Crippen LogP contribution < -0.4 is 11.1 Å². The van der Waals surface area contributed by atoms with Crippen molar-refractivity contribution in [3.63, 3.8) is 0 Å². The summed E-state index contributed by atoms with van der Waals surface area (Å²) in [5, 5.41) is 6.32. The molecule has 13 heteroatoms. The van der Waals surface area contributed by atoms with Crippen molar-refractivity contribution in [3.8, 4) is 0 Å². The number of oxazole rings is 1. The number of carbonyl (C=O) groups is 1. The maximum atomic E-state index is 13.0. The minimum Gasteiger partial charge on any atom is -0.408 e. The molecule has 0 atom stereocenters. The van der Waals surface area contributed by atoms with Crippen LogP contribution in [-0.2, 0) is 23.9 Å². The largest absolute Gasteiger partial charge is 0.453 e. The number of carbonyl (C=O) groups excluding carboxylic acids is 1. The van der Waals surface area contributed by atoms with Gasteiger partial charge in [-0.1, -0.05) is 0 Å². The molecule has 35 heavy (non-hydrogen) atoms. The van der Waals surface area contributed by atoms with E-state index in [0.29, 0.717) is 46.8 Å². The van der Waals surface area contributed by atoms with Crippen LogP contribution in [0.1, 0.15) is 29.2 Å². The van der Waals surface area contributed by atoms with Gasteiger partial charge in [0.15, 0.2) is 5.58 Å². The van der Waals surface area contributed by atoms with E-state index in [1.807, 2.05) is 19.0 Å². The fourth-order valence-corrected chi connectivity index (χ4v) is 3.80. The average molecular weight is 491 g/mol. The smallest absolute Gasteiger partial charge is 0.408 e. The molecule has 4 rings (SSSR count). The molecule has 0 saturated carbocycles. The molecule has 1 N–H and O–H groups in total. The number of halogens is 3. The molecular formula is C22H24F3N7O3. The van der Waals surface area contributed by atoms with E-state index in [2.05, 4.69) is 20.4 Å². The highest BCUT2D eigenvalue weighted by Gasteiger charge is 2.37. The zero-order valence-electron chi connectivity index (χ0n) is 19.6. The minimum atomic E-state index is -4.68. The van der Waals surface area contributed by atoms with Crippen molar-refractivity contribution in [1.29, 1.82) is 0 Å². The first-order valence-electron chi connectivity index (χ1n) is 10.8. The summed E-state index contributed by atoms with van der Waals surface area (Å²) >= 11 is 0. The first-order chi connectivity index (χ1) is 16.4. The number of fused-ring (bicyclic) bond motifs is 2. The molecule has 3 aromatic heterocycles. The van der Waals surface area contributed by atoms with Crippen LogP contribution in [-0.4, -0.2) is 55.6 Å². The highest BCUT2D eigenvalue weighted by molar-refractivity contribution is 5.93. The number of aryl methyl sites for hydroxylation is 2. The molecule has 0 bridgehead atoms. The Morgan fingerprint density at radius 2 is 1.94 bits per heavy atom. The van der Waals surface area contributed by atoms with Crippen LogP contribution in [0.15, 0.2) is 27.4 Å². The van der Waals surface area contributed by atoms with Crippen LogP contribution in [0.3, 0.4) is 0 Å². The summed E-state index contributed by atoms with van der Waals surface area (Å²) in [6.45, 7) is 4.34. The van der Waals surface area contributed by atoms with E-state index in [9.17, 15) is 22.8 Å². The van der Waals surface area contributed by atoms with E-state index < -0.39 is 17.8 Å². The second kappa shape index (κ2) is 9.13. The zero-order valence-corrected chi connectivity index (χ0v) is 19.6. The Hall–Kier alpha value is -3.74. The molecule has 10 nitrogen and oxygen atoms in total. The lowest BCUT2D eigenvalue weighted by Crippen LogP contribution is -2.23. The van der Waals surface area contributed by atoms with Gasteiger partial charge in [0.05, 0.1) is 5.52 Å². The SMILES string of the molecule is Cc1nc2nc(C(F)(F)F)nn2c(C)c1CCC(=O)Nc1ccc2oc(=O)n(CCN(C)C)c2c1. The molecule has 4 aromatic rings. The number of amides is 1. The Bertz CT molecular complexity index is 1470. The van der Waals surface area contributed by atoms with Crippen molar-refractivity contribution in [1.82, 2.24) is 29.0 Å². The van der Waals surface area contributed by atoms with Gasteiger partial charge in [-0.3, -0.25) is 9.36 Å². The van der Waals surface area contributed by atoms with Gasteiger partial charge in [-0.25, -0.2) is 14.3 Å². The summed E-state index contributed by atoms with van der Waals surface area (Å²) in [6, 6.07) is 4.93. The number of hydrogen-bond acceptors (Lipinski definition) is 7. The Morgan fingerprint density at radius 3 is 2.63 bits per heavy atom. The van der Waals surface area contributed by atoms with Gasteiger partial charge in [-0.2, -0.15) is 18.2 Å². The van der Waals surface area contributed by atoms with Crippen LogP contribution in [0, 0.1) is 13.8 Å². The van der Waals surface area contributed by atoms with Gasteiger partial charge in [0.2, 0.25) is 5.91 Å². The summed E-state index contributed by atoms with van der Waals surface area (Å²) < 4.78 is 46.7. The van der Waals surface area contributed by atoms with E-state index in [-0.39, 0.29) is 24.5 Å². The Morgan fingerprint density at radius 1 is 1.20 bits per heavy atom. The molecule has 186 valence electrons. The number of anilines is 1. The molecule has 0 aliphatic carbocycles. The van der Waals surface area contributed by atoms with E-state index in [0.717, 1.165) is 4.52 Å². The molecule has 0 fully saturated rings. The number of nitrogens with zero attached hydrogens (tertiary/aromatic N) is 6. The van der Waals surface area contributed by atoms with Crippen LogP contribution >= 0.6 is 0 Å². The highest BCUT2D eigenvalue weighted by Crippen LogP contribution is 2.27. The summed E-state index contributed by atoms with van der Waals surface area (Å²) in [5.74, 6) is -2.18. The summed E-state index contributed by atoms with van der Waals surface area (Å²) in [5.41, 5.74) is 3.02. The standard InChI is InChI=1S/C22H24F3N7O3/c1-12-15(13(2)32-20(26-12)28-19(29-32)22(23,24)25)6-8-18(33)27-14-5-7-17-16(11-14)31(21(34)35-17)10-9-30(3)4/h5,7,11H,6,8-10H2,1-4H3,(H,27,33). The molecule has 0 unspecified atom stereocenters. The maximum Gasteiger partial charge on any atom is 0.453 e. The fraction of sp³-hybridized carbons (Fsp3) is 0.409. The third kappa shape index (κ3) is 5.04. The predicted octanol–water partition coefficient (Wildman–Crippen LogP) is 2.80. The maximum absolute atomic E-state index is 13.0. The third-order valence-electron chi connectivity index (χ3n) is 5.63. The molecule has 1 amide bonds. The quantitative estimate of drug-likeness (QED) is 0.423. The van der Waals surface area contributed by atoms with E-state index >= 15 is 0 Å². The number of rotatable bonds is 7. The van der Waals surface area contributed by atoms with Crippen LogP contribution in [0.2, 0.25) is 0 Å². The molecule has 0 saturated heterocycles. The Kier molecular flexibility index (Phi) is 6.36. The summed E-state index contributed by atoms with van der Waals surface area (Å²) in [4.78, 5) is 34.3. The zero-order chi connectivity index (χ0) is 25.5. The molecular weight excluding hydrogens is 467 g/mol. The topological polar surface area (TPSA) is 111 Å². The normalized spacial score (nSPS) is 12.2. The van der Waals surface area contributed by atoms with Gasteiger partial charge in [-0.05, 0) is 58.1 Å². The van der Waals surface area contributed by atoms with Crippen LogP contribution in [0.5, 0.6) is 0 Å². The number of hydrogen-bond donors (Lipinski definition) is 1. The molecule has 0 aliphatic rings. The van der Waals surface area contributed by atoms with E-state index in [1.165, 1.54) is 4.57 Å². The lowest BCUT2D eigenvalue weighted by atomic mass is 10.1. The molecule has 0 radical (unpaired) electrons. The highest BCUT2D eigenvalue weighted by atomic mass is 19.4. The van der Waals surface area contributed by atoms with Crippen molar-refractivity contribution >= 4 is 28.5 Å². The first kappa shape index (κ1) is 24.4. The second-order valence-electron chi connectivity index (χ2n) is 8.46. The van der Waals surface area contributed by atoms with Gasteiger partial charge in [0, 0.05) is 36.6 Å². The third-order valence-corrected chi connectivity index (χ3v) is 5.63. The van der Waals surface area contributed by atoms with Crippen molar-refractivity contribution in [3.05, 3.63) is 51.5 Å². The van der Waals surface area contributed by atoms with Crippen molar-refractivity contribution in [2.24, 2.45) is 0 Å². The molecule has 0 spiro atoms. The monoisotopic (exact) mass is 491 g/mol. The number of benzene rings is 1. The van der Waals surface area contributed by atoms with Gasteiger partial charge >= 0.3 is 11.9 Å². The summed E-state index contributed by atoms with van der Waals surface area (Å²) in [6.07, 6.45) is -4.37. The molecule has 0 aliphatic heterocycles. The number of alkyl halides is 3. The van der Waals surface area contributed by atoms with Gasteiger partial charge in [-0.15, -0.1) is 5.10 Å². The minimum absolute atomic E-state index is 0.0621. The van der Waals surface area contributed by atoms with Crippen molar-refractivity contribution < 1.29 is 22.4 Å². The van der Waals surface area contributed by atoms with Gasteiger partial charge in [0.1, 0.15) is 0 Å². The Balaban J connectivity index is 1.50. The number of aromatic nitrogens is 5. The van der Waals surface area contributed by atoms with Crippen LogP contribution in [0.4, 0.5) is 18.9 Å². The lowest BCUT2D eigenvalue weighted by Gasteiger charge is -2.11. The van der Waals surface area contributed by atoms with Gasteiger partial charge < -0.3 is 14.6 Å². The van der Waals surface area contributed by atoms with E-state index in [4.69, 9.17) is 4.42 Å². The fourth-order valence-electron chi connectivity index (χ4n) is 3.80. The average Bonchev–Trinajstić information content (AvgIpc) is 3.32. The second-order valence-corrected chi connectivity index (χ2v) is 8.46. The van der Waals surface area contributed by atoms with E-state index in [1.54, 1.807) is 32.0 Å². The number of likely N-dealkylation sites (N-methyl/N-ethyl adjacent to an activating group) is 1. The molecule has 1 aromatic carbocycles. The van der Waals surface area contributed by atoms with Crippen molar-refractivity contribution in [2.45, 2.75) is 39.4 Å². The molecule has 3 heterocycles. The lowest BCUT2D eigenvalue weighted by molar-refractivity contribution is -0.144. The number of nitrogens with one attached hydrogen (secondary N) is 1. The van der Waals surface area contributed by atoms with Crippen LogP contribution in [0.25, 0.3) is 16.9 Å². The van der Waals surface area contributed by atoms with Gasteiger partial charge in [0.25, 0.3) is 11.6 Å². The predicted molar refractivity (Wildman–Crippen MR) is 121 cm³/mol. The Labute approximate surface area is 197 Å². The first-order valence-corrected chi connectivity index (χ1v) is 10.8.